The molecule has 25 heavy (non-hydrogen) atoms. The minimum Gasteiger partial charge on any atom is -0.465 e. The molecule has 0 saturated carbocycles. The number of fused-ring (bicyclic) bond motifs is 1. The molecule has 0 spiro atoms. The van der Waals surface area contributed by atoms with Crippen LogP contribution in [0.4, 0.5) is 4.39 Å². The fourth-order valence-electron chi connectivity index (χ4n) is 3.24. The number of hydrogen-bond donors (Lipinski definition) is 0. The molecule has 3 rings (SSSR count). The molecule has 1 aromatic carbocycles. The number of hydrogen-bond acceptors (Lipinski definition) is 4. The van der Waals surface area contributed by atoms with Crippen LogP contribution in [0, 0.1) is 5.82 Å². The molecule has 0 unspecified atom stereocenters. The number of carbonyl (C=O) groups is 1. The lowest BCUT2D eigenvalue weighted by Gasteiger charge is -2.32. The van der Waals surface area contributed by atoms with Crippen molar-refractivity contribution in [2.75, 3.05) is 7.11 Å². The lowest BCUT2D eigenvalue weighted by molar-refractivity contribution is 0.00578. The van der Waals surface area contributed by atoms with E-state index in [1.54, 1.807) is 6.07 Å². The van der Waals surface area contributed by atoms with Gasteiger partial charge in [0, 0.05) is 0 Å². The van der Waals surface area contributed by atoms with Crippen LogP contribution in [-0.2, 0) is 20.5 Å². The molecule has 0 bridgehead atoms. The third-order valence-electron chi connectivity index (χ3n) is 5.46. The van der Waals surface area contributed by atoms with Gasteiger partial charge >= 0.3 is 13.1 Å². The van der Waals surface area contributed by atoms with Gasteiger partial charge in [0.15, 0.2) is 0 Å². The molecular weight excluding hydrogens is 322 g/mol. The van der Waals surface area contributed by atoms with Gasteiger partial charge in [0.25, 0.3) is 0 Å². The first-order chi connectivity index (χ1) is 11.7. The van der Waals surface area contributed by atoms with Gasteiger partial charge in [0.05, 0.1) is 23.9 Å². The average Bonchev–Trinajstić information content (AvgIpc) is 2.70. The normalized spacial score (nSPS) is 21.4. The van der Waals surface area contributed by atoms with Crippen molar-refractivity contribution in [2.45, 2.75) is 58.2 Å². The summed E-state index contributed by atoms with van der Waals surface area (Å²) in [4.78, 5) is 11.8. The number of allylic oxidation sites excluding steroid dienone is 1. The van der Waals surface area contributed by atoms with Crippen molar-refractivity contribution in [1.29, 1.82) is 0 Å². The first-order valence-electron chi connectivity index (χ1n) is 8.63. The van der Waals surface area contributed by atoms with E-state index in [0.717, 1.165) is 23.9 Å². The van der Waals surface area contributed by atoms with Crippen molar-refractivity contribution in [1.82, 2.24) is 0 Å². The van der Waals surface area contributed by atoms with Crippen LogP contribution in [-0.4, -0.2) is 31.4 Å². The van der Waals surface area contributed by atoms with Crippen LogP contribution >= 0.6 is 0 Å². The van der Waals surface area contributed by atoms with E-state index in [1.807, 2.05) is 27.7 Å². The first-order valence-corrected chi connectivity index (χ1v) is 8.63. The second-order valence-corrected chi connectivity index (χ2v) is 7.58. The van der Waals surface area contributed by atoms with Gasteiger partial charge in [-0.05, 0) is 69.6 Å². The van der Waals surface area contributed by atoms with Crippen molar-refractivity contribution in [2.24, 2.45) is 0 Å². The Morgan fingerprint density at radius 1 is 1.20 bits per heavy atom. The zero-order valence-electron chi connectivity index (χ0n) is 15.4. The second-order valence-electron chi connectivity index (χ2n) is 7.58. The Bertz CT molecular complexity index is 723. The van der Waals surface area contributed by atoms with Crippen LogP contribution < -0.4 is 0 Å². The van der Waals surface area contributed by atoms with E-state index in [-0.39, 0.29) is 5.56 Å². The number of halogens is 1. The Hall–Kier alpha value is -1.66. The molecule has 1 aliphatic carbocycles. The number of rotatable bonds is 2. The molecule has 134 valence electrons. The number of benzene rings is 1. The van der Waals surface area contributed by atoms with Gasteiger partial charge in [-0.15, -0.1) is 0 Å². The van der Waals surface area contributed by atoms with E-state index in [9.17, 15) is 9.18 Å². The van der Waals surface area contributed by atoms with Crippen LogP contribution in [0.3, 0.4) is 0 Å². The molecule has 0 amide bonds. The summed E-state index contributed by atoms with van der Waals surface area (Å²) in [7, 11) is 0.702. The van der Waals surface area contributed by atoms with Crippen LogP contribution in [0.5, 0.6) is 0 Å². The second kappa shape index (κ2) is 6.25. The summed E-state index contributed by atoms with van der Waals surface area (Å²) in [5.41, 5.74) is 1.16. The maximum atomic E-state index is 14.9. The molecule has 1 aromatic rings. The van der Waals surface area contributed by atoms with Crippen LogP contribution in [0.2, 0.25) is 0 Å². The highest BCUT2D eigenvalue weighted by Gasteiger charge is 2.52. The van der Waals surface area contributed by atoms with Gasteiger partial charge in [0.2, 0.25) is 0 Å². The molecule has 1 saturated heterocycles. The van der Waals surface area contributed by atoms with Crippen LogP contribution in [0.25, 0.3) is 5.47 Å². The van der Waals surface area contributed by atoms with Gasteiger partial charge in [-0.2, -0.15) is 0 Å². The molecule has 0 N–H and O–H groups in total. The highest BCUT2D eigenvalue weighted by molar-refractivity contribution is 6.69. The molecule has 0 aromatic heterocycles. The SMILES string of the molecule is COC(=O)c1ccc2c(c1F)CCCC=C2B1OC(C)(C)C(C)(C)O1. The van der Waals surface area contributed by atoms with Crippen molar-refractivity contribution in [3.63, 3.8) is 0 Å². The molecule has 0 radical (unpaired) electrons. The van der Waals surface area contributed by atoms with Crippen molar-refractivity contribution >= 4 is 18.6 Å². The summed E-state index contributed by atoms with van der Waals surface area (Å²) in [6, 6.07) is 3.25. The number of ether oxygens (including phenoxy) is 1. The van der Waals surface area contributed by atoms with E-state index in [2.05, 4.69) is 10.8 Å². The maximum Gasteiger partial charge on any atom is 0.495 e. The lowest BCUT2D eigenvalue weighted by atomic mass is 9.72. The van der Waals surface area contributed by atoms with Gasteiger partial charge in [-0.1, -0.05) is 12.1 Å². The standard InChI is InChI=1S/C19H24BFO4/c1-18(2)19(3,4)25-20(24-18)15-9-7-6-8-13-12(15)10-11-14(16(13)21)17(22)23-5/h9-11H,6-8H2,1-5H3. The molecule has 1 heterocycles. The van der Waals surface area contributed by atoms with Crippen molar-refractivity contribution < 1.29 is 23.2 Å². The number of esters is 1. The van der Waals surface area contributed by atoms with Gasteiger partial charge in [0.1, 0.15) is 5.82 Å². The molecule has 1 aliphatic heterocycles. The largest absolute Gasteiger partial charge is 0.495 e. The van der Waals surface area contributed by atoms with Crippen LogP contribution in [0.1, 0.15) is 62.0 Å². The Balaban J connectivity index is 2.04. The van der Waals surface area contributed by atoms with Crippen molar-refractivity contribution in [3.05, 3.63) is 40.7 Å². The molecule has 1 fully saturated rings. The van der Waals surface area contributed by atoms with Crippen molar-refractivity contribution in [3.8, 4) is 0 Å². The lowest BCUT2D eigenvalue weighted by Crippen LogP contribution is -2.41. The predicted octanol–water partition coefficient (Wildman–Crippen LogP) is 3.96. The summed E-state index contributed by atoms with van der Waals surface area (Å²) in [5, 5.41) is 0. The summed E-state index contributed by atoms with van der Waals surface area (Å²) < 4.78 is 31.9. The summed E-state index contributed by atoms with van der Waals surface area (Å²) in [6.45, 7) is 7.97. The van der Waals surface area contributed by atoms with Crippen LogP contribution in [0.15, 0.2) is 18.2 Å². The summed E-state index contributed by atoms with van der Waals surface area (Å²) in [5.74, 6) is -1.17. The molecule has 6 heteroatoms. The highest BCUT2D eigenvalue weighted by atomic mass is 19.1. The van der Waals surface area contributed by atoms with E-state index in [0.29, 0.717) is 12.0 Å². The maximum absolute atomic E-state index is 14.9. The Morgan fingerprint density at radius 3 is 2.44 bits per heavy atom. The fourth-order valence-corrected chi connectivity index (χ4v) is 3.24. The Morgan fingerprint density at radius 2 is 1.84 bits per heavy atom. The summed E-state index contributed by atoms with van der Waals surface area (Å²) >= 11 is 0. The third-order valence-corrected chi connectivity index (χ3v) is 5.46. The summed E-state index contributed by atoms with van der Waals surface area (Å²) in [6.07, 6.45) is 4.23. The van der Waals surface area contributed by atoms with Gasteiger partial charge < -0.3 is 14.0 Å². The molecule has 0 atom stereocenters. The minimum atomic E-state index is -0.661. The average molecular weight is 346 g/mol. The smallest absolute Gasteiger partial charge is 0.465 e. The van der Waals surface area contributed by atoms with E-state index < -0.39 is 30.1 Å². The molecular formula is C19H24BFO4. The predicted molar refractivity (Wildman–Crippen MR) is 94.7 cm³/mol. The number of carbonyl (C=O) groups excluding carboxylic acids is 1. The highest BCUT2D eigenvalue weighted by Crippen LogP contribution is 2.42. The topological polar surface area (TPSA) is 44.8 Å². The van der Waals surface area contributed by atoms with Gasteiger partial charge in [-0.3, -0.25) is 0 Å². The van der Waals surface area contributed by atoms with E-state index in [4.69, 9.17) is 9.31 Å². The quantitative estimate of drug-likeness (QED) is 0.601. The first kappa shape index (κ1) is 18.1. The molecule has 4 nitrogen and oxygen atoms in total. The Kier molecular flexibility index (Phi) is 4.54. The monoisotopic (exact) mass is 346 g/mol. The Labute approximate surface area is 148 Å². The zero-order chi connectivity index (χ0) is 18.4. The third kappa shape index (κ3) is 3.02. The minimum absolute atomic E-state index is 0.0311. The number of methoxy groups -OCH3 is 1. The van der Waals surface area contributed by atoms with E-state index >= 15 is 0 Å². The zero-order valence-corrected chi connectivity index (χ0v) is 15.4. The fraction of sp³-hybridized carbons (Fsp3) is 0.526. The van der Waals surface area contributed by atoms with E-state index in [1.165, 1.54) is 13.2 Å². The van der Waals surface area contributed by atoms with Gasteiger partial charge in [-0.25, -0.2) is 9.18 Å². The molecule has 2 aliphatic rings.